The van der Waals surface area contributed by atoms with Crippen LogP contribution in [0.5, 0.6) is 0 Å². The Morgan fingerprint density at radius 3 is 2.76 bits per heavy atom. The van der Waals surface area contributed by atoms with Gasteiger partial charge in [0, 0.05) is 31.7 Å². The quantitative estimate of drug-likeness (QED) is 0.760. The van der Waals surface area contributed by atoms with E-state index in [9.17, 15) is 5.11 Å². The number of rotatable bonds is 3. The average molecular weight is 242 g/mol. The molecular weight excluding hydrogens is 216 g/mol. The number of β-amino-alcohol motifs (C(OH)–C–C–N with tert-alkyl or cyclic N) is 1. The van der Waals surface area contributed by atoms with Crippen LogP contribution in [-0.4, -0.2) is 55.0 Å². The van der Waals surface area contributed by atoms with Crippen molar-refractivity contribution in [2.75, 3.05) is 39.4 Å². The van der Waals surface area contributed by atoms with Gasteiger partial charge < -0.3 is 15.6 Å². The monoisotopic (exact) mass is 242 g/mol. The molecule has 2 heterocycles. The van der Waals surface area contributed by atoms with Crippen molar-refractivity contribution < 1.29 is 9.84 Å². The fourth-order valence-corrected chi connectivity index (χ4v) is 3.19. The summed E-state index contributed by atoms with van der Waals surface area (Å²) >= 11 is 0. The van der Waals surface area contributed by atoms with Crippen molar-refractivity contribution in [2.24, 2.45) is 11.1 Å². The normalized spacial score (nSPS) is 40.4. The summed E-state index contributed by atoms with van der Waals surface area (Å²) in [6.07, 6.45) is 4.26. The van der Waals surface area contributed by atoms with Gasteiger partial charge in [-0.1, -0.05) is 0 Å². The van der Waals surface area contributed by atoms with Crippen molar-refractivity contribution in [3.8, 4) is 0 Å². The topological polar surface area (TPSA) is 58.7 Å². The van der Waals surface area contributed by atoms with Gasteiger partial charge in [-0.2, -0.15) is 0 Å². The van der Waals surface area contributed by atoms with E-state index in [0.29, 0.717) is 6.54 Å². The zero-order chi connectivity index (χ0) is 12.4. The van der Waals surface area contributed by atoms with Crippen molar-refractivity contribution in [3.05, 3.63) is 0 Å². The van der Waals surface area contributed by atoms with E-state index in [2.05, 4.69) is 4.90 Å². The molecule has 0 amide bonds. The Bertz CT molecular complexity index is 250. The van der Waals surface area contributed by atoms with Crippen molar-refractivity contribution in [3.63, 3.8) is 0 Å². The molecule has 2 atom stereocenters. The van der Waals surface area contributed by atoms with Crippen LogP contribution >= 0.6 is 0 Å². The van der Waals surface area contributed by atoms with Gasteiger partial charge in [-0.25, -0.2) is 0 Å². The number of aliphatic hydroxyl groups is 1. The summed E-state index contributed by atoms with van der Waals surface area (Å²) in [5, 5.41) is 10.1. The van der Waals surface area contributed by atoms with Crippen molar-refractivity contribution in [1.82, 2.24) is 4.90 Å². The number of nitrogens with zero attached hydrogens (tertiary/aromatic N) is 1. The molecule has 2 aliphatic heterocycles. The lowest BCUT2D eigenvalue weighted by Gasteiger charge is -2.44. The van der Waals surface area contributed by atoms with Crippen LogP contribution in [0.4, 0.5) is 0 Å². The second-order valence-electron chi connectivity index (χ2n) is 6.17. The largest absolute Gasteiger partial charge is 0.389 e. The maximum atomic E-state index is 10.1. The Morgan fingerprint density at radius 2 is 2.18 bits per heavy atom. The molecular formula is C13H26N2O2. The number of likely N-dealkylation sites (tertiary alicyclic amines) is 1. The van der Waals surface area contributed by atoms with E-state index in [1.54, 1.807) is 0 Å². The van der Waals surface area contributed by atoms with Crippen LogP contribution in [0.1, 0.15) is 32.6 Å². The highest BCUT2D eigenvalue weighted by Gasteiger charge is 2.36. The molecule has 4 heteroatoms. The molecule has 0 bridgehead atoms. The molecule has 17 heavy (non-hydrogen) atoms. The van der Waals surface area contributed by atoms with Crippen molar-refractivity contribution in [1.29, 1.82) is 0 Å². The Labute approximate surface area is 104 Å². The minimum atomic E-state index is -0.524. The molecule has 2 saturated heterocycles. The van der Waals surface area contributed by atoms with Gasteiger partial charge in [0.25, 0.3) is 0 Å². The third-order valence-corrected chi connectivity index (χ3v) is 4.15. The highest BCUT2D eigenvalue weighted by molar-refractivity contribution is 4.90. The molecule has 4 nitrogen and oxygen atoms in total. The molecule has 0 aromatic rings. The van der Waals surface area contributed by atoms with Crippen molar-refractivity contribution in [2.45, 2.75) is 38.2 Å². The fraction of sp³-hybridized carbons (Fsp3) is 1.00. The van der Waals surface area contributed by atoms with E-state index in [4.69, 9.17) is 10.5 Å². The summed E-state index contributed by atoms with van der Waals surface area (Å²) in [6, 6.07) is 0. The van der Waals surface area contributed by atoms with E-state index in [-0.39, 0.29) is 5.41 Å². The minimum Gasteiger partial charge on any atom is -0.389 e. The van der Waals surface area contributed by atoms with Crippen LogP contribution in [-0.2, 0) is 4.74 Å². The fourth-order valence-electron chi connectivity index (χ4n) is 3.19. The summed E-state index contributed by atoms with van der Waals surface area (Å²) in [6.45, 7) is 7.10. The summed E-state index contributed by atoms with van der Waals surface area (Å²) in [7, 11) is 0. The third-order valence-electron chi connectivity index (χ3n) is 4.15. The van der Waals surface area contributed by atoms with Gasteiger partial charge >= 0.3 is 0 Å². The zero-order valence-electron chi connectivity index (χ0n) is 11.0. The van der Waals surface area contributed by atoms with E-state index >= 15 is 0 Å². The molecule has 0 aliphatic carbocycles. The van der Waals surface area contributed by atoms with Gasteiger partial charge in [0.05, 0.1) is 12.2 Å². The maximum absolute atomic E-state index is 10.1. The molecule has 0 aromatic carbocycles. The standard InChI is InChI=1S/C13H26N2O2/c1-12(16)4-2-6-15(9-12)10-13(8-14)5-3-7-17-11-13/h16H,2-11,14H2,1H3. The average Bonchev–Trinajstić information content (AvgIpc) is 2.29. The van der Waals surface area contributed by atoms with Gasteiger partial charge in [-0.15, -0.1) is 0 Å². The number of piperidine rings is 1. The third kappa shape index (κ3) is 3.41. The van der Waals surface area contributed by atoms with Gasteiger partial charge in [0.1, 0.15) is 0 Å². The van der Waals surface area contributed by atoms with E-state index in [1.165, 1.54) is 0 Å². The number of nitrogens with two attached hydrogens (primary N) is 1. The second kappa shape index (κ2) is 5.22. The maximum Gasteiger partial charge on any atom is 0.0746 e. The van der Waals surface area contributed by atoms with Crippen LogP contribution in [0.3, 0.4) is 0 Å². The van der Waals surface area contributed by atoms with Gasteiger partial charge in [0.15, 0.2) is 0 Å². The van der Waals surface area contributed by atoms with Crippen LogP contribution < -0.4 is 5.73 Å². The first kappa shape index (κ1) is 13.3. The molecule has 100 valence electrons. The number of ether oxygens (including phenoxy) is 1. The molecule has 0 spiro atoms. The van der Waals surface area contributed by atoms with E-state index < -0.39 is 5.60 Å². The zero-order valence-corrected chi connectivity index (χ0v) is 11.0. The summed E-state index contributed by atoms with van der Waals surface area (Å²) in [5.74, 6) is 0. The Balaban J connectivity index is 1.93. The molecule has 3 N–H and O–H groups in total. The molecule has 2 rings (SSSR count). The first-order chi connectivity index (χ1) is 8.05. The Morgan fingerprint density at radius 1 is 1.35 bits per heavy atom. The highest BCUT2D eigenvalue weighted by atomic mass is 16.5. The van der Waals surface area contributed by atoms with Gasteiger partial charge in [-0.05, 0) is 39.2 Å². The molecule has 0 aromatic heterocycles. The number of hydrogen-bond donors (Lipinski definition) is 2. The SMILES string of the molecule is CC1(O)CCCN(CC2(CN)CCCOC2)C1. The highest BCUT2D eigenvalue weighted by Crippen LogP contribution is 2.31. The van der Waals surface area contributed by atoms with Crippen molar-refractivity contribution >= 4 is 0 Å². The van der Waals surface area contributed by atoms with Crippen LogP contribution in [0.2, 0.25) is 0 Å². The number of hydrogen-bond acceptors (Lipinski definition) is 4. The first-order valence-electron chi connectivity index (χ1n) is 6.78. The first-order valence-corrected chi connectivity index (χ1v) is 6.78. The molecule has 2 aliphatic rings. The van der Waals surface area contributed by atoms with Crippen LogP contribution in [0.15, 0.2) is 0 Å². The predicted octanol–water partition coefficient (Wildman–Crippen LogP) is 0.589. The minimum absolute atomic E-state index is 0.117. The molecule has 0 saturated carbocycles. The van der Waals surface area contributed by atoms with E-state index in [1.807, 2.05) is 6.92 Å². The molecule has 2 unspecified atom stereocenters. The Kier molecular flexibility index (Phi) is 4.08. The molecule has 0 radical (unpaired) electrons. The summed E-state index contributed by atoms with van der Waals surface area (Å²) in [5.41, 5.74) is 5.55. The van der Waals surface area contributed by atoms with E-state index in [0.717, 1.165) is 58.5 Å². The predicted molar refractivity (Wildman–Crippen MR) is 67.8 cm³/mol. The van der Waals surface area contributed by atoms with Gasteiger partial charge in [-0.3, -0.25) is 4.90 Å². The Hall–Kier alpha value is -0.160. The van der Waals surface area contributed by atoms with Crippen LogP contribution in [0, 0.1) is 5.41 Å². The lowest BCUT2D eigenvalue weighted by atomic mass is 9.81. The second-order valence-corrected chi connectivity index (χ2v) is 6.17. The summed E-state index contributed by atoms with van der Waals surface area (Å²) < 4.78 is 5.60. The van der Waals surface area contributed by atoms with Gasteiger partial charge in [0.2, 0.25) is 0 Å². The summed E-state index contributed by atoms with van der Waals surface area (Å²) in [4.78, 5) is 2.37. The molecule has 2 fully saturated rings. The smallest absolute Gasteiger partial charge is 0.0746 e. The van der Waals surface area contributed by atoms with Crippen LogP contribution in [0.25, 0.3) is 0 Å². The lowest BCUT2D eigenvalue weighted by Crippen LogP contribution is -2.53. The lowest BCUT2D eigenvalue weighted by molar-refractivity contribution is -0.0583.